The average molecular weight is 350 g/mol. The standard InChI is InChI=1S/C22H26N2O2/c1-4-23(5-2)15-17-6-8-18(9-7-17)22(26)24-13-12-20-14-19(16(3)25)10-11-21(20)24/h6-11,14H,4-5,12-13,15H2,1-3H3. The van der Waals surface area contributed by atoms with Crippen molar-refractivity contribution in [1.82, 2.24) is 4.90 Å². The molecule has 0 bridgehead atoms. The summed E-state index contributed by atoms with van der Waals surface area (Å²) >= 11 is 0. The number of benzene rings is 2. The van der Waals surface area contributed by atoms with Crippen molar-refractivity contribution in [2.24, 2.45) is 0 Å². The van der Waals surface area contributed by atoms with E-state index in [2.05, 4.69) is 18.7 Å². The van der Waals surface area contributed by atoms with E-state index in [1.807, 2.05) is 41.3 Å². The van der Waals surface area contributed by atoms with Crippen molar-refractivity contribution >= 4 is 17.4 Å². The minimum Gasteiger partial charge on any atom is -0.308 e. The SMILES string of the molecule is CCN(CC)Cc1ccc(C(=O)N2CCc3cc(C(C)=O)ccc32)cc1. The van der Waals surface area contributed by atoms with Crippen LogP contribution in [0.15, 0.2) is 42.5 Å². The molecule has 136 valence electrons. The van der Waals surface area contributed by atoms with Crippen molar-refractivity contribution in [3.63, 3.8) is 0 Å². The number of hydrogen-bond donors (Lipinski definition) is 0. The van der Waals surface area contributed by atoms with E-state index >= 15 is 0 Å². The van der Waals surface area contributed by atoms with Gasteiger partial charge in [-0.1, -0.05) is 26.0 Å². The molecule has 0 spiro atoms. The second kappa shape index (κ2) is 7.83. The lowest BCUT2D eigenvalue weighted by Crippen LogP contribution is -2.29. The Hall–Kier alpha value is -2.46. The van der Waals surface area contributed by atoms with Crippen LogP contribution in [0, 0.1) is 0 Å². The van der Waals surface area contributed by atoms with Crippen LogP contribution in [0.1, 0.15) is 52.6 Å². The molecule has 0 aliphatic carbocycles. The highest BCUT2D eigenvalue weighted by molar-refractivity contribution is 6.07. The molecular formula is C22H26N2O2. The third-order valence-corrected chi connectivity index (χ3v) is 5.13. The van der Waals surface area contributed by atoms with Gasteiger partial charge in [0, 0.05) is 29.9 Å². The molecule has 2 aromatic carbocycles. The van der Waals surface area contributed by atoms with E-state index in [-0.39, 0.29) is 11.7 Å². The molecule has 0 saturated carbocycles. The highest BCUT2D eigenvalue weighted by Gasteiger charge is 2.26. The van der Waals surface area contributed by atoms with Gasteiger partial charge in [-0.2, -0.15) is 0 Å². The Bertz CT molecular complexity index is 807. The number of Topliss-reactive ketones (excluding diaryl/α,β-unsaturated/α-hetero) is 1. The van der Waals surface area contributed by atoms with Crippen molar-refractivity contribution in [2.75, 3.05) is 24.5 Å². The summed E-state index contributed by atoms with van der Waals surface area (Å²) in [7, 11) is 0. The fourth-order valence-corrected chi connectivity index (χ4v) is 3.45. The van der Waals surface area contributed by atoms with E-state index in [1.165, 1.54) is 5.56 Å². The Morgan fingerprint density at radius 3 is 2.27 bits per heavy atom. The Morgan fingerprint density at radius 2 is 1.65 bits per heavy atom. The molecule has 0 saturated heterocycles. The van der Waals surface area contributed by atoms with Gasteiger partial charge in [0.15, 0.2) is 5.78 Å². The zero-order chi connectivity index (χ0) is 18.7. The highest BCUT2D eigenvalue weighted by atomic mass is 16.2. The largest absolute Gasteiger partial charge is 0.308 e. The van der Waals surface area contributed by atoms with Gasteiger partial charge in [-0.25, -0.2) is 0 Å². The van der Waals surface area contributed by atoms with Crippen LogP contribution >= 0.6 is 0 Å². The first-order valence-corrected chi connectivity index (χ1v) is 9.30. The van der Waals surface area contributed by atoms with E-state index in [0.29, 0.717) is 17.7 Å². The predicted molar refractivity (Wildman–Crippen MR) is 105 cm³/mol. The molecule has 0 atom stereocenters. The maximum Gasteiger partial charge on any atom is 0.258 e. The van der Waals surface area contributed by atoms with Crippen LogP contribution in [0.5, 0.6) is 0 Å². The van der Waals surface area contributed by atoms with Crippen molar-refractivity contribution in [1.29, 1.82) is 0 Å². The molecule has 0 unspecified atom stereocenters. The topological polar surface area (TPSA) is 40.6 Å². The highest BCUT2D eigenvalue weighted by Crippen LogP contribution is 2.30. The summed E-state index contributed by atoms with van der Waals surface area (Å²) in [5, 5.41) is 0. The second-order valence-corrected chi connectivity index (χ2v) is 6.76. The molecule has 0 aromatic heterocycles. The van der Waals surface area contributed by atoms with Crippen LogP contribution in [0.25, 0.3) is 0 Å². The van der Waals surface area contributed by atoms with E-state index in [4.69, 9.17) is 0 Å². The maximum atomic E-state index is 12.9. The van der Waals surface area contributed by atoms with E-state index in [1.54, 1.807) is 13.0 Å². The summed E-state index contributed by atoms with van der Waals surface area (Å²) in [6.07, 6.45) is 0.794. The van der Waals surface area contributed by atoms with Crippen LogP contribution in [-0.4, -0.2) is 36.2 Å². The quantitative estimate of drug-likeness (QED) is 0.741. The molecule has 3 rings (SSSR count). The van der Waals surface area contributed by atoms with Crippen LogP contribution in [0.2, 0.25) is 0 Å². The number of carbonyl (C=O) groups is 2. The van der Waals surface area contributed by atoms with Crippen LogP contribution in [0.4, 0.5) is 5.69 Å². The predicted octanol–water partition coefficient (Wildman–Crippen LogP) is 3.93. The molecule has 1 heterocycles. The van der Waals surface area contributed by atoms with Gasteiger partial charge in [-0.3, -0.25) is 14.5 Å². The fourth-order valence-electron chi connectivity index (χ4n) is 3.45. The lowest BCUT2D eigenvalue weighted by atomic mass is 10.1. The fraction of sp³-hybridized carbons (Fsp3) is 0.364. The van der Waals surface area contributed by atoms with Gasteiger partial charge in [0.2, 0.25) is 0 Å². The molecule has 0 radical (unpaired) electrons. The van der Waals surface area contributed by atoms with Crippen molar-refractivity contribution < 1.29 is 9.59 Å². The molecule has 0 N–H and O–H groups in total. The number of nitrogens with zero attached hydrogens (tertiary/aromatic N) is 2. The van der Waals surface area contributed by atoms with E-state index in [9.17, 15) is 9.59 Å². The minimum absolute atomic E-state index is 0.0220. The van der Waals surface area contributed by atoms with E-state index < -0.39 is 0 Å². The lowest BCUT2D eigenvalue weighted by Gasteiger charge is -2.19. The van der Waals surface area contributed by atoms with Gasteiger partial charge < -0.3 is 4.90 Å². The molecule has 0 fully saturated rings. The molecular weight excluding hydrogens is 324 g/mol. The molecule has 26 heavy (non-hydrogen) atoms. The van der Waals surface area contributed by atoms with Crippen molar-refractivity contribution in [2.45, 2.75) is 33.7 Å². The number of amides is 1. The first-order valence-electron chi connectivity index (χ1n) is 9.30. The summed E-state index contributed by atoms with van der Waals surface area (Å²) in [5.41, 5.74) is 4.63. The van der Waals surface area contributed by atoms with Gasteiger partial charge >= 0.3 is 0 Å². The first kappa shape index (κ1) is 18.3. The van der Waals surface area contributed by atoms with Gasteiger partial charge in [0.05, 0.1) is 0 Å². The summed E-state index contributed by atoms with van der Waals surface area (Å²) in [5.74, 6) is 0.0788. The minimum atomic E-state index is 0.0220. The molecule has 1 amide bonds. The maximum absolute atomic E-state index is 12.9. The second-order valence-electron chi connectivity index (χ2n) is 6.76. The normalized spacial score (nSPS) is 13.2. The lowest BCUT2D eigenvalue weighted by molar-refractivity contribution is 0.0987. The van der Waals surface area contributed by atoms with Crippen molar-refractivity contribution in [3.05, 3.63) is 64.7 Å². The average Bonchev–Trinajstić information content (AvgIpc) is 3.09. The molecule has 2 aromatic rings. The number of fused-ring (bicyclic) bond motifs is 1. The third kappa shape index (κ3) is 3.70. The van der Waals surface area contributed by atoms with Gasteiger partial charge in [0.25, 0.3) is 5.91 Å². The molecule has 4 nitrogen and oxygen atoms in total. The summed E-state index contributed by atoms with van der Waals surface area (Å²) in [6.45, 7) is 9.49. The third-order valence-electron chi connectivity index (χ3n) is 5.13. The number of hydrogen-bond acceptors (Lipinski definition) is 3. The van der Waals surface area contributed by atoms with Crippen LogP contribution < -0.4 is 4.90 Å². The number of ketones is 1. The number of anilines is 1. The molecule has 4 heteroatoms. The summed E-state index contributed by atoms with van der Waals surface area (Å²) in [4.78, 5) is 28.6. The van der Waals surface area contributed by atoms with Gasteiger partial charge in [0.1, 0.15) is 0 Å². The summed E-state index contributed by atoms with van der Waals surface area (Å²) < 4.78 is 0. The Kier molecular flexibility index (Phi) is 5.52. The van der Waals surface area contributed by atoms with Crippen LogP contribution in [-0.2, 0) is 13.0 Å². The zero-order valence-corrected chi connectivity index (χ0v) is 15.8. The summed E-state index contributed by atoms with van der Waals surface area (Å²) in [6, 6.07) is 13.5. The smallest absolute Gasteiger partial charge is 0.258 e. The van der Waals surface area contributed by atoms with Crippen molar-refractivity contribution in [3.8, 4) is 0 Å². The monoisotopic (exact) mass is 350 g/mol. The Labute approximate surface area is 155 Å². The van der Waals surface area contributed by atoms with Crippen LogP contribution in [0.3, 0.4) is 0 Å². The first-order chi connectivity index (χ1) is 12.5. The number of rotatable bonds is 6. The van der Waals surface area contributed by atoms with Gasteiger partial charge in [-0.15, -0.1) is 0 Å². The molecule has 1 aliphatic heterocycles. The van der Waals surface area contributed by atoms with Gasteiger partial charge in [-0.05, 0) is 67.9 Å². The van der Waals surface area contributed by atoms with E-state index in [0.717, 1.165) is 37.3 Å². The Morgan fingerprint density at radius 1 is 1.00 bits per heavy atom. The zero-order valence-electron chi connectivity index (χ0n) is 15.8. The molecule has 1 aliphatic rings. The Balaban J connectivity index is 1.76. The number of carbonyl (C=O) groups excluding carboxylic acids is 2.